The number of benzene rings is 2. The Hall–Kier alpha value is -2.86. The second kappa shape index (κ2) is 8.68. The summed E-state index contributed by atoms with van der Waals surface area (Å²) in [5.74, 6) is 0.899. The minimum Gasteiger partial charge on any atom is -0.479 e. The summed E-state index contributed by atoms with van der Waals surface area (Å²) >= 11 is 5.97. The van der Waals surface area contributed by atoms with Crippen molar-refractivity contribution in [3.63, 3.8) is 0 Å². The van der Waals surface area contributed by atoms with Gasteiger partial charge in [-0.05, 0) is 56.3 Å². The molecule has 27 heavy (non-hydrogen) atoms. The van der Waals surface area contributed by atoms with E-state index in [9.17, 15) is 4.79 Å². The minimum atomic E-state index is -0.650. The third-order valence-electron chi connectivity index (χ3n) is 3.83. The molecule has 0 fully saturated rings. The van der Waals surface area contributed by atoms with Crippen LogP contribution < -0.4 is 10.1 Å². The summed E-state index contributed by atoms with van der Waals surface area (Å²) in [6, 6.07) is 12.8. The van der Waals surface area contributed by atoms with E-state index < -0.39 is 6.10 Å². The van der Waals surface area contributed by atoms with Gasteiger partial charge >= 0.3 is 5.97 Å². The van der Waals surface area contributed by atoms with E-state index in [1.54, 1.807) is 32.2 Å². The van der Waals surface area contributed by atoms with Gasteiger partial charge in [0.25, 0.3) is 0 Å². The molecule has 0 aliphatic carbocycles. The molecular formula is C20H20ClN3O3. The molecule has 1 N–H and O–H groups in total. The van der Waals surface area contributed by atoms with Crippen molar-refractivity contribution < 1.29 is 14.3 Å². The fourth-order valence-electron chi connectivity index (χ4n) is 2.47. The van der Waals surface area contributed by atoms with Crippen molar-refractivity contribution in [1.82, 2.24) is 9.97 Å². The molecular weight excluding hydrogens is 366 g/mol. The maximum Gasteiger partial charge on any atom is 0.347 e. The molecule has 2 aromatic carbocycles. The molecule has 3 rings (SSSR count). The molecule has 7 heteroatoms. The summed E-state index contributed by atoms with van der Waals surface area (Å²) < 4.78 is 10.5. The number of rotatable bonds is 7. The molecule has 140 valence electrons. The Balaban J connectivity index is 1.58. The molecule has 0 saturated carbocycles. The SMILES string of the molecule is CCOC(=O)[C@@H](C)Oc1ccc(NCc2ncc3cc(Cl)ccc3n2)cc1. The standard InChI is InChI=1S/C20H20ClN3O3/c1-3-26-20(25)13(2)27-17-7-5-16(6-8-17)22-12-19-23-11-14-10-15(21)4-9-18(14)24-19/h4-11,13,22H,3,12H2,1-2H3/t13-/m1/s1. The van der Waals surface area contributed by atoms with Crippen LogP contribution in [0.4, 0.5) is 5.69 Å². The van der Waals surface area contributed by atoms with Gasteiger partial charge in [0, 0.05) is 22.3 Å². The van der Waals surface area contributed by atoms with E-state index in [0.29, 0.717) is 29.7 Å². The molecule has 1 heterocycles. The number of ether oxygens (including phenoxy) is 2. The number of aromatic nitrogens is 2. The first-order valence-corrected chi connectivity index (χ1v) is 9.01. The molecule has 0 saturated heterocycles. The third kappa shape index (κ3) is 5.08. The van der Waals surface area contributed by atoms with Gasteiger partial charge in [-0.3, -0.25) is 0 Å². The van der Waals surface area contributed by atoms with Crippen LogP contribution in [0.5, 0.6) is 5.75 Å². The highest BCUT2D eigenvalue weighted by Crippen LogP contribution is 2.19. The van der Waals surface area contributed by atoms with Crippen LogP contribution in [0.25, 0.3) is 10.9 Å². The lowest BCUT2D eigenvalue weighted by Gasteiger charge is -2.14. The molecule has 0 amide bonds. The summed E-state index contributed by atoms with van der Waals surface area (Å²) in [6.45, 7) is 4.24. The molecule has 1 atom stereocenters. The zero-order valence-corrected chi connectivity index (χ0v) is 15.9. The maximum atomic E-state index is 11.6. The van der Waals surface area contributed by atoms with Gasteiger partial charge < -0.3 is 14.8 Å². The second-order valence-corrected chi connectivity index (χ2v) is 6.32. The van der Waals surface area contributed by atoms with Crippen molar-refractivity contribution in [2.45, 2.75) is 26.5 Å². The van der Waals surface area contributed by atoms with Crippen LogP contribution in [0, 0.1) is 0 Å². The summed E-state index contributed by atoms with van der Waals surface area (Å²) in [4.78, 5) is 20.5. The Morgan fingerprint density at radius 2 is 2.00 bits per heavy atom. The monoisotopic (exact) mass is 385 g/mol. The third-order valence-corrected chi connectivity index (χ3v) is 4.06. The molecule has 3 aromatic rings. The van der Waals surface area contributed by atoms with E-state index in [2.05, 4.69) is 15.3 Å². The number of nitrogens with zero attached hydrogens (tertiary/aromatic N) is 2. The van der Waals surface area contributed by atoms with Crippen LogP contribution in [0.3, 0.4) is 0 Å². The topological polar surface area (TPSA) is 73.3 Å². The lowest BCUT2D eigenvalue weighted by atomic mass is 10.2. The number of halogens is 1. The second-order valence-electron chi connectivity index (χ2n) is 5.88. The summed E-state index contributed by atoms with van der Waals surface area (Å²) in [6.07, 6.45) is 1.11. The molecule has 0 unspecified atom stereocenters. The number of carbonyl (C=O) groups is 1. The molecule has 0 spiro atoms. The highest BCUT2D eigenvalue weighted by Gasteiger charge is 2.15. The average Bonchev–Trinajstić information content (AvgIpc) is 2.67. The van der Waals surface area contributed by atoms with E-state index in [-0.39, 0.29) is 5.97 Å². The molecule has 0 aliphatic rings. The van der Waals surface area contributed by atoms with Gasteiger partial charge in [0.05, 0.1) is 18.7 Å². The van der Waals surface area contributed by atoms with Crippen molar-refractivity contribution in [1.29, 1.82) is 0 Å². The number of fused-ring (bicyclic) bond motifs is 1. The van der Waals surface area contributed by atoms with Crippen LogP contribution in [0.2, 0.25) is 5.02 Å². The van der Waals surface area contributed by atoms with Crippen molar-refractivity contribution in [3.8, 4) is 5.75 Å². The first-order chi connectivity index (χ1) is 13.0. The van der Waals surface area contributed by atoms with Crippen LogP contribution in [-0.4, -0.2) is 28.6 Å². The molecule has 0 aliphatic heterocycles. The average molecular weight is 386 g/mol. The van der Waals surface area contributed by atoms with Crippen LogP contribution >= 0.6 is 11.6 Å². The van der Waals surface area contributed by atoms with Gasteiger partial charge in [-0.15, -0.1) is 0 Å². The molecule has 6 nitrogen and oxygen atoms in total. The molecule has 0 bridgehead atoms. The Morgan fingerprint density at radius 3 is 2.74 bits per heavy atom. The van der Waals surface area contributed by atoms with E-state index in [1.807, 2.05) is 30.3 Å². The van der Waals surface area contributed by atoms with Gasteiger partial charge in [-0.2, -0.15) is 0 Å². The van der Waals surface area contributed by atoms with E-state index in [1.165, 1.54) is 0 Å². The highest BCUT2D eigenvalue weighted by molar-refractivity contribution is 6.31. The predicted molar refractivity (Wildman–Crippen MR) is 105 cm³/mol. The van der Waals surface area contributed by atoms with Gasteiger partial charge in [-0.1, -0.05) is 11.6 Å². The van der Waals surface area contributed by atoms with Crippen LogP contribution in [0.1, 0.15) is 19.7 Å². The van der Waals surface area contributed by atoms with Crippen LogP contribution in [0.15, 0.2) is 48.7 Å². The number of carbonyl (C=O) groups excluding carboxylic acids is 1. The Kier molecular flexibility index (Phi) is 6.08. The smallest absolute Gasteiger partial charge is 0.347 e. The lowest BCUT2D eigenvalue weighted by Crippen LogP contribution is -2.26. The van der Waals surface area contributed by atoms with Crippen molar-refractivity contribution in [2.24, 2.45) is 0 Å². The normalized spacial score (nSPS) is 11.8. The molecule has 1 aromatic heterocycles. The van der Waals surface area contributed by atoms with Gasteiger partial charge in [0.15, 0.2) is 6.10 Å². The Morgan fingerprint density at radius 1 is 1.22 bits per heavy atom. The first-order valence-electron chi connectivity index (χ1n) is 8.63. The zero-order chi connectivity index (χ0) is 19.2. The van der Waals surface area contributed by atoms with Crippen molar-refractivity contribution in [2.75, 3.05) is 11.9 Å². The fraction of sp³-hybridized carbons (Fsp3) is 0.250. The van der Waals surface area contributed by atoms with E-state index in [0.717, 1.165) is 16.6 Å². The van der Waals surface area contributed by atoms with E-state index in [4.69, 9.17) is 21.1 Å². The predicted octanol–water partition coefficient (Wildman–Crippen LogP) is 4.23. The van der Waals surface area contributed by atoms with Crippen LogP contribution in [-0.2, 0) is 16.1 Å². The van der Waals surface area contributed by atoms with Gasteiger partial charge in [-0.25, -0.2) is 14.8 Å². The Labute approximate surface area is 162 Å². The lowest BCUT2D eigenvalue weighted by molar-refractivity contribution is -0.150. The maximum absolute atomic E-state index is 11.6. The van der Waals surface area contributed by atoms with Crippen molar-refractivity contribution in [3.05, 3.63) is 59.5 Å². The number of hydrogen-bond donors (Lipinski definition) is 1. The van der Waals surface area contributed by atoms with E-state index >= 15 is 0 Å². The summed E-state index contributed by atoms with van der Waals surface area (Å²) in [7, 11) is 0. The largest absolute Gasteiger partial charge is 0.479 e. The molecule has 0 radical (unpaired) electrons. The first kappa shape index (κ1) is 18.9. The summed E-state index contributed by atoms with van der Waals surface area (Å²) in [5, 5.41) is 4.83. The fourth-order valence-corrected chi connectivity index (χ4v) is 2.65. The number of esters is 1. The van der Waals surface area contributed by atoms with Gasteiger partial charge in [0.1, 0.15) is 11.6 Å². The number of nitrogens with one attached hydrogen (secondary N) is 1. The number of hydrogen-bond acceptors (Lipinski definition) is 6. The van der Waals surface area contributed by atoms with Crippen molar-refractivity contribution >= 4 is 34.2 Å². The quantitative estimate of drug-likeness (QED) is 0.613. The number of anilines is 1. The van der Waals surface area contributed by atoms with Gasteiger partial charge in [0.2, 0.25) is 0 Å². The summed E-state index contributed by atoms with van der Waals surface area (Å²) in [5.41, 5.74) is 1.74. The zero-order valence-electron chi connectivity index (χ0n) is 15.1. The highest BCUT2D eigenvalue weighted by atomic mass is 35.5. The minimum absolute atomic E-state index is 0.333. The Bertz CT molecular complexity index is 931.